The van der Waals surface area contributed by atoms with Gasteiger partial charge in [-0.25, -0.2) is 0 Å². The van der Waals surface area contributed by atoms with Crippen LogP contribution in [0.3, 0.4) is 0 Å². The molecule has 0 unspecified atom stereocenters. The Balaban J connectivity index is 1.94. The molecule has 0 bridgehead atoms. The Labute approximate surface area is 113 Å². The highest BCUT2D eigenvalue weighted by Gasteiger charge is 2.41. The maximum Gasteiger partial charge on any atom is 0.247 e. The minimum Gasteiger partial charge on any atom is -0.491 e. The van der Waals surface area contributed by atoms with E-state index in [2.05, 4.69) is 0 Å². The van der Waals surface area contributed by atoms with Gasteiger partial charge in [0.05, 0.1) is 17.8 Å². The number of amides is 1. The van der Waals surface area contributed by atoms with Gasteiger partial charge in [-0.15, -0.1) is 0 Å². The van der Waals surface area contributed by atoms with Crippen molar-refractivity contribution < 1.29 is 9.53 Å². The number of fused-ring (bicyclic) bond motifs is 1. The van der Waals surface area contributed by atoms with Gasteiger partial charge < -0.3 is 15.4 Å². The molecule has 1 saturated carbocycles. The van der Waals surface area contributed by atoms with Crippen molar-refractivity contribution in [1.29, 1.82) is 0 Å². The molecular weight excluding hydrogens is 240 g/mol. The second-order valence-corrected chi connectivity index (χ2v) is 5.49. The van der Waals surface area contributed by atoms with Gasteiger partial charge in [0.15, 0.2) is 0 Å². The van der Waals surface area contributed by atoms with Crippen LogP contribution >= 0.6 is 0 Å². The number of anilines is 1. The molecule has 102 valence electrons. The van der Waals surface area contributed by atoms with E-state index in [1.807, 2.05) is 29.2 Å². The normalized spacial score (nSPS) is 21.4. The fourth-order valence-corrected chi connectivity index (χ4v) is 3.03. The number of hydrogen-bond acceptors (Lipinski definition) is 3. The molecule has 4 heteroatoms. The highest BCUT2D eigenvalue weighted by molar-refractivity contribution is 6.01. The van der Waals surface area contributed by atoms with Crippen LogP contribution in [0.25, 0.3) is 0 Å². The molecule has 2 N–H and O–H groups in total. The molecule has 1 aromatic carbocycles. The number of para-hydroxylation sites is 2. The fraction of sp³-hybridized carbons (Fsp3) is 0.533. The summed E-state index contributed by atoms with van der Waals surface area (Å²) in [5, 5.41) is 0. The average Bonchev–Trinajstić information content (AvgIpc) is 2.76. The third kappa shape index (κ3) is 2.21. The van der Waals surface area contributed by atoms with Crippen molar-refractivity contribution in [3.63, 3.8) is 0 Å². The van der Waals surface area contributed by atoms with Gasteiger partial charge in [0.2, 0.25) is 5.91 Å². The molecule has 3 rings (SSSR count). The molecule has 0 atom stereocenters. The van der Waals surface area contributed by atoms with Crippen LogP contribution in [0.15, 0.2) is 24.3 Å². The predicted octanol–water partition coefficient (Wildman–Crippen LogP) is 2.07. The van der Waals surface area contributed by atoms with Crippen LogP contribution < -0.4 is 15.4 Å². The van der Waals surface area contributed by atoms with Crippen molar-refractivity contribution in [3.8, 4) is 5.75 Å². The second-order valence-electron chi connectivity index (χ2n) is 5.49. The molecular formula is C15H20N2O2. The zero-order chi connectivity index (χ0) is 13.3. The molecule has 1 aromatic rings. The van der Waals surface area contributed by atoms with Crippen molar-refractivity contribution in [2.24, 2.45) is 5.73 Å². The van der Waals surface area contributed by atoms with Crippen molar-refractivity contribution in [2.45, 2.75) is 37.6 Å². The number of carbonyl (C=O) groups is 1. The summed E-state index contributed by atoms with van der Waals surface area (Å²) in [6, 6.07) is 7.72. The van der Waals surface area contributed by atoms with Gasteiger partial charge in [0.1, 0.15) is 5.75 Å². The zero-order valence-electron chi connectivity index (χ0n) is 11.1. The summed E-state index contributed by atoms with van der Waals surface area (Å²) < 4.78 is 5.69. The maximum absolute atomic E-state index is 12.8. The van der Waals surface area contributed by atoms with Gasteiger partial charge in [0.25, 0.3) is 0 Å². The summed E-state index contributed by atoms with van der Waals surface area (Å²) in [5.41, 5.74) is 6.50. The molecule has 19 heavy (non-hydrogen) atoms. The SMILES string of the molecule is NC1(C(=O)N2CCCOc3ccccc32)CCCC1. The van der Waals surface area contributed by atoms with Crippen LogP contribution in [0.4, 0.5) is 5.69 Å². The van der Waals surface area contributed by atoms with Crippen LogP contribution in [-0.4, -0.2) is 24.6 Å². The Kier molecular flexibility index (Phi) is 3.19. The van der Waals surface area contributed by atoms with Gasteiger partial charge in [-0.3, -0.25) is 4.79 Å². The van der Waals surface area contributed by atoms with Crippen LogP contribution in [-0.2, 0) is 4.79 Å². The maximum atomic E-state index is 12.8. The second kappa shape index (κ2) is 4.85. The Morgan fingerprint density at radius 1 is 1.21 bits per heavy atom. The number of benzene rings is 1. The first-order chi connectivity index (χ1) is 9.21. The van der Waals surface area contributed by atoms with Crippen LogP contribution in [0.5, 0.6) is 5.75 Å². The lowest BCUT2D eigenvalue weighted by atomic mass is 9.96. The van der Waals surface area contributed by atoms with Gasteiger partial charge in [-0.05, 0) is 31.4 Å². The number of ether oxygens (including phenoxy) is 1. The summed E-state index contributed by atoms with van der Waals surface area (Å²) >= 11 is 0. The molecule has 0 radical (unpaired) electrons. The quantitative estimate of drug-likeness (QED) is 0.841. The lowest BCUT2D eigenvalue weighted by Crippen LogP contribution is -2.54. The van der Waals surface area contributed by atoms with Crippen LogP contribution in [0.2, 0.25) is 0 Å². The summed E-state index contributed by atoms with van der Waals surface area (Å²) in [7, 11) is 0. The fourth-order valence-electron chi connectivity index (χ4n) is 3.03. The molecule has 1 heterocycles. The lowest BCUT2D eigenvalue weighted by molar-refractivity contribution is -0.123. The summed E-state index contributed by atoms with van der Waals surface area (Å²) in [4.78, 5) is 14.6. The number of carbonyl (C=O) groups excluding carboxylic acids is 1. The van der Waals surface area contributed by atoms with Crippen molar-refractivity contribution >= 4 is 11.6 Å². The summed E-state index contributed by atoms with van der Waals surface area (Å²) in [6.45, 7) is 1.34. The molecule has 0 spiro atoms. The molecule has 1 aliphatic heterocycles. The standard InChI is InChI=1S/C15H20N2O2/c16-15(8-3-4-9-15)14(18)17-10-5-11-19-13-7-2-1-6-12(13)17/h1-2,6-7H,3-5,8-11,16H2. The van der Waals surface area contributed by atoms with Gasteiger partial charge >= 0.3 is 0 Å². The molecule has 1 fully saturated rings. The highest BCUT2D eigenvalue weighted by Crippen LogP contribution is 2.35. The van der Waals surface area contributed by atoms with E-state index < -0.39 is 5.54 Å². The Morgan fingerprint density at radius 3 is 2.74 bits per heavy atom. The van der Waals surface area contributed by atoms with E-state index in [4.69, 9.17) is 10.5 Å². The van der Waals surface area contributed by atoms with Crippen molar-refractivity contribution in [1.82, 2.24) is 0 Å². The number of rotatable bonds is 1. The Hall–Kier alpha value is -1.55. The minimum atomic E-state index is -0.669. The van der Waals surface area contributed by atoms with E-state index in [9.17, 15) is 4.79 Å². The highest BCUT2D eigenvalue weighted by atomic mass is 16.5. The molecule has 0 aromatic heterocycles. The molecule has 4 nitrogen and oxygen atoms in total. The van der Waals surface area contributed by atoms with Crippen molar-refractivity contribution in [2.75, 3.05) is 18.1 Å². The topological polar surface area (TPSA) is 55.6 Å². The van der Waals surface area contributed by atoms with E-state index in [0.29, 0.717) is 13.2 Å². The third-order valence-electron chi connectivity index (χ3n) is 4.11. The van der Waals surface area contributed by atoms with E-state index in [0.717, 1.165) is 43.5 Å². The molecule has 1 amide bonds. The van der Waals surface area contributed by atoms with Crippen molar-refractivity contribution in [3.05, 3.63) is 24.3 Å². The molecule has 2 aliphatic rings. The predicted molar refractivity (Wildman–Crippen MR) is 74.3 cm³/mol. The first kappa shape index (κ1) is 12.5. The summed E-state index contributed by atoms with van der Waals surface area (Å²) in [6.07, 6.45) is 4.54. The van der Waals surface area contributed by atoms with Gasteiger partial charge in [0, 0.05) is 6.54 Å². The third-order valence-corrected chi connectivity index (χ3v) is 4.11. The van der Waals surface area contributed by atoms with E-state index >= 15 is 0 Å². The minimum absolute atomic E-state index is 0.0583. The average molecular weight is 260 g/mol. The molecule has 1 aliphatic carbocycles. The first-order valence-corrected chi connectivity index (χ1v) is 7.03. The number of nitrogens with zero attached hydrogens (tertiary/aromatic N) is 1. The monoisotopic (exact) mass is 260 g/mol. The smallest absolute Gasteiger partial charge is 0.247 e. The zero-order valence-corrected chi connectivity index (χ0v) is 11.1. The first-order valence-electron chi connectivity index (χ1n) is 7.03. The Morgan fingerprint density at radius 2 is 1.95 bits per heavy atom. The van der Waals surface area contributed by atoms with E-state index in [1.165, 1.54) is 0 Å². The van der Waals surface area contributed by atoms with E-state index in [1.54, 1.807) is 0 Å². The van der Waals surface area contributed by atoms with Gasteiger partial charge in [-0.2, -0.15) is 0 Å². The number of hydrogen-bond donors (Lipinski definition) is 1. The lowest BCUT2D eigenvalue weighted by Gasteiger charge is -2.31. The van der Waals surface area contributed by atoms with E-state index in [-0.39, 0.29) is 5.91 Å². The van der Waals surface area contributed by atoms with Gasteiger partial charge in [-0.1, -0.05) is 25.0 Å². The number of nitrogens with two attached hydrogens (primary N) is 1. The summed E-state index contributed by atoms with van der Waals surface area (Å²) in [5.74, 6) is 0.845. The Bertz CT molecular complexity index is 481. The van der Waals surface area contributed by atoms with Crippen LogP contribution in [0, 0.1) is 0 Å². The molecule has 0 saturated heterocycles. The largest absolute Gasteiger partial charge is 0.491 e. The van der Waals surface area contributed by atoms with Crippen LogP contribution in [0.1, 0.15) is 32.1 Å².